The van der Waals surface area contributed by atoms with Gasteiger partial charge in [0.1, 0.15) is 5.75 Å². The summed E-state index contributed by atoms with van der Waals surface area (Å²) in [4.78, 5) is 0. The molecule has 4 rings (SSSR count). The molecule has 0 aliphatic rings. The van der Waals surface area contributed by atoms with Crippen molar-refractivity contribution in [3.63, 3.8) is 0 Å². The minimum absolute atomic E-state index is 0.855. The summed E-state index contributed by atoms with van der Waals surface area (Å²) in [7, 11) is 1.68. The molecular weight excluding hydrogens is 308 g/mol. The Bertz CT molecular complexity index is 1030. The molecule has 0 fully saturated rings. The van der Waals surface area contributed by atoms with Crippen molar-refractivity contribution in [2.75, 3.05) is 7.11 Å². The lowest BCUT2D eigenvalue weighted by Crippen LogP contribution is -1.84. The number of aromatic amines is 1. The molecule has 3 nitrogen and oxygen atoms in total. The minimum Gasteiger partial charge on any atom is -0.497 e. The van der Waals surface area contributed by atoms with Crippen molar-refractivity contribution in [2.24, 2.45) is 0 Å². The highest BCUT2D eigenvalue weighted by Crippen LogP contribution is 2.28. The van der Waals surface area contributed by atoms with Gasteiger partial charge in [-0.25, -0.2) is 0 Å². The highest BCUT2D eigenvalue weighted by Gasteiger charge is 2.06. The van der Waals surface area contributed by atoms with E-state index in [2.05, 4.69) is 52.7 Å². The highest BCUT2D eigenvalue weighted by atomic mass is 16.5. The van der Waals surface area contributed by atoms with Crippen LogP contribution in [0.5, 0.6) is 5.75 Å². The lowest BCUT2D eigenvalue weighted by atomic mass is 10.0. The summed E-state index contributed by atoms with van der Waals surface area (Å²) in [6.45, 7) is 0. The van der Waals surface area contributed by atoms with E-state index in [0.29, 0.717) is 0 Å². The fraction of sp³-hybridized carbons (Fsp3) is 0.0455. The van der Waals surface area contributed by atoms with Crippen LogP contribution in [0.3, 0.4) is 0 Å². The molecule has 0 spiro atoms. The van der Waals surface area contributed by atoms with Crippen LogP contribution in [-0.4, -0.2) is 17.3 Å². The Kier molecular flexibility index (Phi) is 4.05. The lowest BCUT2D eigenvalue weighted by Gasteiger charge is -2.05. The van der Waals surface area contributed by atoms with E-state index >= 15 is 0 Å². The van der Waals surface area contributed by atoms with Crippen molar-refractivity contribution in [2.45, 2.75) is 0 Å². The van der Waals surface area contributed by atoms with Crippen LogP contribution in [0.1, 0.15) is 11.3 Å². The van der Waals surface area contributed by atoms with Gasteiger partial charge < -0.3 is 4.74 Å². The summed E-state index contributed by atoms with van der Waals surface area (Å²) in [5, 5.41) is 8.68. The number of ether oxygens (including phenoxy) is 1. The topological polar surface area (TPSA) is 37.9 Å². The highest BCUT2D eigenvalue weighted by molar-refractivity contribution is 5.92. The van der Waals surface area contributed by atoms with Crippen molar-refractivity contribution in [3.05, 3.63) is 84.1 Å². The summed E-state index contributed by atoms with van der Waals surface area (Å²) in [5.41, 5.74) is 5.38. The van der Waals surface area contributed by atoms with Crippen LogP contribution < -0.4 is 4.74 Å². The molecule has 0 aliphatic heterocycles. The SMILES string of the molecule is COc1cccc(-c2ccc3c(/C=C/c4ccccc4)n[nH]c3c2)c1. The summed E-state index contributed by atoms with van der Waals surface area (Å²) in [6.07, 6.45) is 4.12. The molecule has 1 heterocycles. The summed E-state index contributed by atoms with van der Waals surface area (Å²) in [6, 6.07) is 24.6. The van der Waals surface area contributed by atoms with E-state index in [0.717, 1.165) is 39.0 Å². The molecule has 0 atom stereocenters. The number of methoxy groups -OCH3 is 1. The lowest BCUT2D eigenvalue weighted by molar-refractivity contribution is 0.415. The summed E-state index contributed by atoms with van der Waals surface area (Å²) in [5.74, 6) is 0.855. The second-order valence-corrected chi connectivity index (χ2v) is 5.85. The molecule has 3 heteroatoms. The molecule has 4 aromatic rings. The average Bonchev–Trinajstić information content (AvgIpc) is 3.09. The van der Waals surface area contributed by atoms with Gasteiger partial charge in [-0.1, -0.05) is 54.6 Å². The Balaban J connectivity index is 1.68. The number of hydrogen-bond donors (Lipinski definition) is 1. The maximum atomic E-state index is 5.31. The number of rotatable bonds is 4. The summed E-state index contributed by atoms with van der Waals surface area (Å²) < 4.78 is 5.31. The van der Waals surface area contributed by atoms with E-state index in [4.69, 9.17) is 4.74 Å². The predicted octanol–water partition coefficient (Wildman–Crippen LogP) is 5.41. The van der Waals surface area contributed by atoms with Gasteiger partial charge in [0.05, 0.1) is 18.3 Å². The number of fused-ring (bicyclic) bond motifs is 1. The van der Waals surface area contributed by atoms with Gasteiger partial charge >= 0.3 is 0 Å². The van der Waals surface area contributed by atoms with Gasteiger partial charge in [-0.05, 0) is 47.0 Å². The van der Waals surface area contributed by atoms with Crippen molar-refractivity contribution in [1.29, 1.82) is 0 Å². The van der Waals surface area contributed by atoms with E-state index < -0.39 is 0 Å². The first kappa shape index (κ1) is 15.2. The molecule has 0 saturated heterocycles. The second-order valence-electron chi connectivity index (χ2n) is 5.85. The Hall–Kier alpha value is -3.33. The molecule has 0 saturated carbocycles. The molecule has 0 aliphatic carbocycles. The first-order chi connectivity index (χ1) is 12.3. The van der Waals surface area contributed by atoms with Crippen LogP contribution in [0.2, 0.25) is 0 Å². The van der Waals surface area contributed by atoms with Crippen LogP contribution in [0, 0.1) is 0 Å². The minimum atomic E-state index is 0.855. The van der Waals surface area contributed by atoms with Crippen molar-refractivity contribution in [3.8, 4) is 16.9 Å². The van der Waals surface area contributed by atoms with E-state index in [9.17, 15) is 0 Å². The normalized spacial score (nSPS) is 11.2. The molecule has 0 bridgehead atoms. The van der Waals surface area contributed by atoms with Gasteiger partial charge in [0, 0.05) is 5.39 Å². The molecule has 122 valence electrons. The Morgan fingerprint density at radius 2 is 1.68 bits per heavy atom. The van der Waals surface area contributed by atoms with Crippen molar-refractivity contribution < 1.29 is 4.74 Å². The van der Waals surface area contributed by atoms with Gasteiger partial charge in [0.25, 0.3) is 0 Å². The fourth-order valence-electron chi connectivity index (χ4n) is 2.89. The van der Waals surface area contributed by atoms with Crippen molar-refractivity contribution >= 4 is 23.1 Å². The standard InChI is InChI=1S/C22H18N2O/c1-25-19-9-5-8-17(14-19)18-11-12-20-21(23-24-22(20)15-18)13-10-16-6-3-2-4-7-16/h2-15H,1H3,(H,23,24)/b13-10+. The largest absolute Gasteiger partial charge is 0.497 e. The van der Waals surface area contributed by atoms with Gasteiger partial charge in [-0.3, -0.25) is 5.10 Å². The van der Waals surface area contributed by atoms with Gasteiger partial charge in [0.15, 0.2) is 0 Å². The molecule has 0 unspecified atom stereocenters. The molecule has 1 aromatic heterocycles. The van der Waals surface area contributed by atoms with E-state index in [1.807, 2.05) is 42.5 Å². The zero-order valence-corrected chi connectivity index (χ0v) is 13.9. The summed E-state index contributed by atoms with van der Waals surface area (Å²) >= 11 is 0. The molecule has 1 N–H and O–H groups in total. The molecular formula is C22H18N2O. The number of benzene rings is 3. The van der Waals surface area contributed by atoms with Crippen LogP contribution in [0.15, 0.2) is 72.8 Å². The second kappa shape index (κ2) is 6.65. The maximum absolute atomic E-state index is 5.31. The van der Waals surface area contributed by atoms with Gasteiger partial charge in [-0.15, -0.1) is 0 Å². The number of aromatic nitrogens is 2. The van der Waals surface area contributed by atoms with Gasteiger partial charge in [0.2, 0.25) is 0 Å². The quantitative estimate of drug-likeness (QED) is 0.544. The van der Waals surface area contributed by atoms with Crippen LogP contribution >= 0.6 is 0 Å². The van der Waals surface area contributed by atoms with Crippen LogP contribution in [-0.2, 0) is 0 Å². The molecule has 0 amide bonds. The maximum Gasteiger partial charge on any atom is 0.119 e. The Morgan fingerprint density at radius 1 is 0.840 bits per heavy atom. The predicted molar refractivity (Wildman–Crippen MR) is 103 cm³/mol. The number of nitrogens with zero attached hydrogens (tertiary/aromatic N) is 1. The zero-order valence-electron chi connectivity index (χ0n) is 13.9. The third-order valence-electron chi connectivity index (χ3n) is 4.23. The molecule has 25 heavy (non-hydrogen) atoms. The fourth-order valence-corrected chi connectivity index (χ4v) is 2.89. The van der Waals surface area contributed by atoms with Crippen molar-refractivity contribution in [1.82, 2.24) is 10.2 Å². The van der Waals surface area contributed by atoms with E-state index in [-0.39, 0.29) is 0 Å². The smallest absolute Gasteiger partial charge is 0.119 e. The van der Waals surface area contributed by atoms with Gasteiger partial charge in [-0.2, -0.15) is 5.10 Å². The Morgan fingerprint density at radius 3 is 2.52 bits per heavy atom. The van der Waals surface area contributed by atoms with Crippen LogP contribution in [0.4, 0.5) is 0 Å². The van der Waals surface area contributed by atoms with Crippen LogP contribution in [0.25, 0.3) is 34.2 Å². The number of nitrogens with one attached hydrogen (secondary N) is 1. The average molecular weight is 326 g/mol. The Labute approximate surface area is 146 Å². The molecule has 3 aromatic carbocycles. The first-order valence-corrected chi connectivity index (χ1v) is 8.19. The number of H-pyrrole nitrogens is 1. The van der Waals surface area contributed by atoms with E-state index in [1.165, 1.54) is 0 Å². The molecule has 0 radical (unpaired) electrons. The third-order valence-corrected chi connectivity index (χ3v) is 4.23. The third kappa shape index (κ3) is 3.17. The number of hydrogen-bond acceptors (Lipinski definition) is 2. The monoisotopic (exact) mass is 326 g/mol. The van der Waals surface area contributed by atoms with E-state index in [1.54, 1.807) is 7.11 Å². The first-order valence-electron chi connectivity index (χ1n) is 8.19. The zero-order chi connectivity index (χ0) is 17.1.